The normalized spacial score (nSPS) is 10.1. The molecule has 0 saturated carbocycles. The molecule has 0 bridgehead atoms. The van der Waals surface area contributed by atoms with Gasteiger partial charge in [0.05, 0.1) is 79.3 Å². The molecule has 0 aromatic heterocycles. The number of phosphoric acid groups is 1. The van der Waals surface area contributed by atoms with Crippen LogP contribution >= 0.6 is 7.82 Å². The van der Waals surface area contributed by atoms with Crippen molar-refractivity contribution >= 4 is 7.82 Å². The molecule has 0 amide bonds. The topological polar surface area (TPSA) is 194 Å². The molecule has 13 nitrogen and oxygen atoms in total. The van der Waals surface area contributed by atoms with Crippen molar-refractivity contribution in [1.29, 1.82) is 0 Å². The fraction of sp³-hybridized carbons (Fsp3) is 1.00. The lowest BCUT2D eigenvalue weighted by molar-refractivity contribution is 0.0500. The fourth-order valence-corrected chi connectivity index (χ4v) is 0.927. The van der Waals surface area contributed by atoms with E-state index in [0.29, 0.717) is 59.5 Å². The lowest BCUT2D eigenvalue weighted by Gasteiger charge is -1.98. The van der Waals surface area contributed by atoms with E-state index in [9.17, 15) is 0 Å². The molecule has 6 N–H and O–H groups in total. The summed E-state index contributed by atoms with van der Waals surface area (Å²) in [7, 11) is 0.201. The van der Waals surface area contributed by atoms with Gasteiger partial charge in [-0.05, 0) is 0 Å². The van der Waals surface area contributed by atoms with Crippen LogP contribution in [0.3, 0.4) is 0 Å². The van der Waals surface area contributed by atoms with E-state index in [0.717, 1.165) is 0 Å². The molecule has 0 aliphatic heterocycles. The summed E-state index contributed by atoms with van der Waals surface area (Å²) in [6.07, 6.45) is 0. The predicted octanol–water partition coefficient (Wildman–Crippen LogP) is -2.00. The first-order valence-corrected chi connectivity index (χ1v) is 10.1. The Bertz CT molecular complexity index is 237. The van der Waals surface area contributed by atoms with Crippen LogP contribution in [0.25, 0.3) is 0 Å². The Morgan fingerprint density at radius 3 is 0.862 bits per heavy atom. The molecule has 0 heterocycles. The zero-order valence-electron chi connectivity index (χ0n) is 17.5. The van der Waals surface area contributed by atoms with Crippen LogP contribution in [0.15, 0.2) is 0 Å². The quantitative estimate of drug-likeness (QED) is 0.117. The molecule has 0 radical (unpaired) electrons. The van der Waals surface area contributed by atoms with Crippen LogP contribution in [-0.2, 0) is 33.0 Å². The second-order valence-electron chi connectivity index (χ2n) is 4.50. The van der Waals surface area contributed by atoms with E-state index in [-0.39, 0.29) is 19.8 Å². The molecule has 0 unspecified atom stereocenters. The van der Waals surface area contributed by atoms with Gasteiger partial charge in [0.1, 0.15) is 0 Å². The van der Waals surface area contributed by atoms with E-state index in [1.165, 1.54) is 0 Å². The maximum Gasteiger partial charge on any atom is 0.466 e. The Kier molecular flexibility index (Phi) is 43.9. The highest BCUT2D eigenvalue weighted by molar-refractivity contribution is 7.45. The van der Waals surface area contributed by atoms with Gasteiger partial charge in [0.25, 0.3) is 0 Å². The second-order valence-corrected chi connectivity index (χ2v) is 5.53. The highest BCUT2D eigenvalue weighted by Gasteiger charge is 2.00. The smallest absolute Gasteiger partial charge is 0.394 e. The Labute approximate surface area is 172 Å². The lowest BCUT2D eigenvalue weighted by Crippen LogP contribution is -2.05. The van der Waals surface area contributed by atoms with Crippen molar-refractivity contribution in [2.45, 2.75) is 0 Å². The van der Waals surface area contributed by atoms with Gasteiger partial charge in [0.15, 0.2) is 0 Å². The van der Waals surface area contributed by atoms with Crippen LogP contribution in [0.2, 0.25) is 0 Å². The Balaban J connectivity index is -0.000000146. The van der Waals surface area contributed by atoms with E-state index in [2.05, 4.69) is 14.2 Å². The van der Waals surface area contributed by atoms with Gasteiger partial charge in [0.2, 0.25) is 0 Å². The molecule has 14 heteroatoms. The Morgan fingerprint density at radius 1 is 0.517 bits per heavy atom. The van der Waals surface area contributed by atoms with Crippen LogP contribution in [0.1, 0.15) is 0 Å². The third-order valence-corrected chi connectivity index (χ3v) is 2.00. The number of aliphatic hydroxyl groups is 3. The van der Waals surface area contributed by atoms with E-state index >= 15 is 0 Å². The van der Waals surface area contributed by atoms with Gasteiger partial charge in [-0.2, -0.15) is 0 Å². The average Bonchev–Trinajstić information content (AvgIpc) is 2.66. The molecular formula is C15H39O13P. The molecule has 0 aromatic rings. The van der Waals surface area contributed by atoms with E-state index in [4.69, 9.17) is 48.8 Å². The summed E-state index contributed by atoms with van der Waals surface area (Å²) in [6, 6.07) is 0. The van der Waals surface area contributed by atoms with Gasteiger partial charge in [-0.3, -0.25) is 0 Å². The number of hydrogen-bond donors (Lipinski definition) is 6. The minimum Gasteiger partial charge on any atom is -0.394 e. The molecule has 0 atom stereocenters. The Hall–Kier alpha value is -0.250. The van der Waals surface area contributed by atoms with E-state index in [1.807, 2.05) is 0 Å². The summed E-state index contributed by atoms with van der Waals surface area (Å²) >= 11 is 0. The zero-order chi connectivity index (χ0) is 23.2. The molecular weight excluding hydrogens is 419 g/mol. The average molecular weight is 458 g/mol. The van der Waals surface area contributed by atoms with Gasteiger partial charge in [-0.15, -0.1) is 0 Å². The summed E-state index contributed by atoms with van der Waals surface area (Å²) in [6.45, 7) is 4.97. The Morgan fingerprint density at radius 2 is 0.724 bits per heavy atom. The third-order valence-electron chi connectivity index (χ3n) is 2.00. The van der Waals surface area contributed by atoms with E-state index in [1.54, 1.807) is 21.3 Å². The minimum atomic E-state index is -4.64. The van der Waals surface area contributed by atoms with Crippen LogP contribution in [-0.4, -0.2) is 131 Å². The summed E-state index contributed by atoms with van der Waals surface area (Å²) in [5, 5.41) is 24.6. The van der Waals surface area contributed by atoms with Crippen molar-refractivity contribution in [1.82, 2.24) is 0 Å². The molecule has 0 aliphatic rings. The van der Waals surface area contributed by atoms with Crippen LogP contribution in [0.5, 0.6) is 0 Å². The maximum atomic E-state index is 8.88. The molecule has 0 aliphatic carbocycles. The van der Waals surface area contributed by atoms with Crippen LogP contribution in [0.4, 0.5) is 0 Å². The fourth-order valence-electron chi connectivity index (χ4n) is 0.927. The highest BCUT2D eigenvalue weighted by atomic mass is 31.2. The van der Waals surface area contributed by atoms with Crippen molar-refractivity contribution in [3.8, 4) is 0 Å². The summed E-state index contributed by atoms with van der Waals surface area (Å²) in [4.78, 5) is 21.6. The second kappa shape index (κ2) is 35.2. The molecule has 0 saturated heterocycles. The predicted molar refractivity (Wildman–Crippen MR) is 104 cm³/mol. The van der Waals surface area contributed by atoms with Crippen LogP contribution in [0, 0.1) is 0 Å². The van der Waals surface area contributed by atoms with Crippen LogP contribution < -0.4 is 0 Å². The standard InChI is InChI=1S/3C5H12O3.H3O4P/c3*1-7-4-5-8-3-2-6;1-5(2,3)4/h3*6H,2-5H2,1H3;(H3,1,2,3,4). The van der Waals surface area contributed by atoms with Crippen molar-refractivity contribution in [3.63, 3.8) is 0 Å². The summed E-state index contributed by atoms with van der Waals surface area (Å²) in [5.74, 6) is 0. The van der Waals surface area contributed by atoms with Gasteiger partial charge in [0, 0.05) is 21.3 Å². The molecule has 29 heavy (non-hydrogen) atoms. The molecule has 182 valence electrons. The zero-order valence-corrected chi connectivity index (χ0v) is 18.4. The van der Waals surface area contributed by atoms with E-state index < -0.39 is 7.82 Å². The number of ether oxygens (including phenoxy) is 6. The van der Waals surface area contributed by atoms with Crippen molar-refractivity contribution < 1.29 is 63.0 Å². The monoisotopic (exact) mass is 458 g/mol. The van der Waals surface area contributed by atoms with Gasteiger partial charge in [-0.25, -0.2) is 4.57 Å². The summed E-state index contributed by atoms with van der Waals surface area (Å²) in [5.41, 5.74) is 0. The molecule has 0 aromatic carbocycles. The summed E-state index contributed by atoms with van der Waals surface area (Å²) < 4.78 is 37.5. The molecule has 0 rings (SSSR count). The number of aliphatic hydroxyl groups excluding tert-OH is 3. The van der Waals surface area contributed by atoms with Crippen molar-refractivity contribution in [2.75, 3.05) is 101 Å². The largest absolute Gasteiger partial charge is 0.466 e. The van der Waals surface area contributed by atoms with Gasteiger partial charge >= 0.3 is 7.82 Å². The first-order chi connectivity index (χ1) is 13.7. The number of hydrogen-bond acceptors (Lipinski definition) is 10. The maximum absolute atomic E-state index is 8.88. The lowest BCUT2D eigenvalue weighted by atomic mass is 10.7. The SMILES string of the molecule is COCCOCCO.COCCOCCO.COCCOCCO.O=P(O)(O)O. The van der Waals surface area contributed by atoms with Gasteiger partial charge < -0.3 is 58.4 Å². The number of methoxy groups -OCH3 is 3. The van der Waals surface area contributed by atoms with Crippen molar-refractivity contribution in [2.24, 2.45) is 0 Å². The third kappa shape index (κ3) is 84.6. The van der Waals surface area contributed by atoms with Gasteiger partial charge in [-0.1, -0.05) is 0 Å². The number of rotatable bonds is 15. The van der Waals surface area contributed by atoms with Crippen molar-refractivity contribution in [3.05, 3.63) is 0 Å². The molecule has 0 fully saturated rings. The molecule has 0 spiro atoms. The highest BCUT2D eigenvalue weighted by Crippen LogP contribution is 2.25. The first kappa shape index (κ1) is 36.1. The first-order valence-electron chi connectivity index (χ1n) is 8.55. The minimum absolute atomic E-state index is 0.0870.